The lowest BCUT2D eigenvalue weighted by Gasteiger charge is -2.22. The number of carbonyl (C=O) groups excluding carboxylic acids is 2. The van der Waals surface area contributed by atoms with E-state index >= 15 is 0 Å². The van der Waals surface area contributed by atoms with Crippen LogP contribution < -0.4 is 10.6 Å². The SMILES string of the molecule is O=C1CCc2ccc(cc2)C(=O)NCCOCCn2nnc(c2I)CO[C@@H]2Cc3ccccc3[C@H]2N1. The van der Waals surface area contributed by atoms with E-state index in [9.17, 15) is 9.59 Å². The summed E-state index contributed by atoms with van der Waals surface area (Å²) >= 11 is 2.22. The number of nitrogens with zero attached hydrogens (tertiary/aromatic N) is 3. The Morgan fingerprint density at radius 1 is 1.03 bits per heavy atom. The van der Waals surface area contributed by atoms with E-state index in [4.69, 9.17) is 9.47 Å². The van der Waals surface area contributed by atoms with Gasteiger partial charge in [0.2, 0.25) is 5.91 Å². The lowest BCUT2D eigenvalue weighted by atomic mass is 10.1. The molecular formula is C26H28IN5O4. The number of fused-ring (bicyclic) bond motifs is 13. The fourth-order valence-corrected chi connectivity index (χ4v) is 5.16. The van der Waals surface area contributed by atoms with Crippen molar-refractivity contribution < 1.29 is 19.1 Å². The average molecular weight is 601 g/mol. The van der Waals surface area contributed by atoms with Gasteiger partial charge in [-0.1, -0.05) is 41.6 Å². The van der Waals surface area contributed by atoms with E-state index < -0.39 is 0 Å². The van der Waals surface area contributed by atoms with Gasteiger partial charge in [0, 0.05) is 24.9 Å². The molecule has 3 aromatic rings. The third-order valence-electron chi connectivity index (χ3n) is 6.51. The molecule has 1 aromatic heterocycles. The Morgan fingerprint density at radius 2 is 1.86 bits per heavy atom. The van der Waals surface area contributed by atoms with Gasteiger partial charge in [-0.3, -0.25) is 9.59 Å². The molecule has 3 aliphatic rings. The summed E-state index contributed by atoms with van der Waals surface area (Å²) in [6.45, 7) is 2.14. The van der Waals surface area contributed by atoms with Crippen LogP contribution in [0.3, 0.4) is 0 Å². The van der Waals surface area contributed by atoms with Crippen molar-refractivity contribution in [3.05, 3.63) is 80.2 Å². The van der Waals surface area contributed by atoms with Gasteiger partial charge < -0.3 is 20.1 Å². The zero-order valence-electron chi connectivity index (χ0n) is 19.8. The van der Waals surface area contributed by atoms with E-state index in [2.05, 4.69) is 55.7 Å². The van der Waals surface area contributed by atoms with Gasteiger partial charge in [-0.15, -0.1) is 5.10 Å². The highest BCUT2D eigenvalue weighted by Gasteiger charge is 2.34. The van der Waals surface area contributed by atoms with Crippen LogP contribution in [0.4, 0.5) is 0 Å². The number of ether oxygens (including phenoxy) is 2. The van der Waals surface area contributed by atoms with Gasteiger partial charge >= 0.3 is 0 Å². The maximum absolute atomic E-state index is 12.9. The van der Waals surface area contributed by atoms with E-state index in [-0.39, 0.29) is 24.0 Å². The Bertz CT molecular complexity index is 1230. The van der Waals surface area contributed by atoms with Crippen molar-refractivity contribution >= 4 is 34.4 Å². The van der Waals surface area contributed by atoms with Crippen LogP contribution in [-0.4, -0.2) is 52.7 Å². The van der Waals surface area contributed by atoms with Crippen molar-refractivity contribution in [3.8, 4) is 0 Å². The second-order valence-electron chi connectivity index (χ2n) is 8.91. The number of hydrogen-bond acceptors (Lipinski definition) is 6. The maximum Gasteiger partial charge on any atom is 0.251 e. The molecule has 2 N–H and O–H groups in total. The van der Waals surface area contributed by atoms with Crippen molar-refractivity contribution in [2.24, 2.45) is 0 Å². The standard InChI is InChI=1S/C26H28IN5O4/c27-25-21-16-36-22-15-19-3-1-2-4-20(19)24(22)29-23(33)10-7-17-5-8-18(9-6-17)26(34)28-11-13-35-14-12-32(25)31-30-21/h1-6,8-9,22,24H,7,10-16H2,(H,28,34)(H,29,33)/t22-,24-/m1/s1. The summed E-state index contributed by atoms with van der Waals surface area (Å²) in [5.41, 5.74) is 4.62. The van der Waals surface area contributed by atoms with Crippen LogP contribution in [0.5, 0.6) is 0 Å². The summed E-state index contributed by atoms with van der Waals surface area (Å²) in [6, 6.07) is 15.3. The number of aryl methyl sites for hydroxylation is 1. The highest BCUT2D eigenvalue weighted by atomic mass is 127. The van der Waals surface area contributed by atoms with Crippen molar-refractivity contribution in [3.63, 3.8) is 0 Å². The molecule has 0 spiro atoms. The minimum atomic E-state index is -0.223. The Labute approximate surface area is 223 Å². The Kier molecular flexibility index (Phi) is 7.93. The molecule has 2 aliphatic heterocycles. The third kappa shape index (κ3) is 5.76. The number of nitrogens with one attached hydrogen (secondary N) is 2. The number of hydrogen-bond donors (Lipinski definition) is 2. The Morgan fingerprint density at radius 3 is 2.72 bits per heavy atom. The van der Waals surface area contributed by atoms with Crippen LogP contribution in [0.15, 0.2) is 48.5 Å². The van der Waals surface area contributed by atoms with Gasteiger partial charge in [0.05, 0.1) is 38.5 Å². The van der Waals surface area contributed by atoms with Crippen LogP contribution in [0, 0.1) is 3.70 Å². The predicted octanol–water partition coefficient (Wildman–Crippen LogP) is 2.57. The second-order valence-corrected chi connectivity index (χ2v) is 9.93. The van der Waals surface area contributed by atoms with E-state index in [0.29, 0.717) is 51.3 Å². The fourth-order valence-electron chi connectivity index (χ4n) is 4.56. The van der Waals surface area contributed by atoms with Gasteiger partial charge in [0.15, 0.2) is 0 Å². The Balaban J connectivity index is 1.34. The first-order valence-electron chi connectivity index (χ1n) is 12.1. The van der Waals surface area contributed by atoms with Crippen LogP contribution in [0.25, 0.3) is 0 Å². The summed E-state index contributed by atoms with van der Waals surface area (Å²) in [5, 5.41) is 14.6. The van der Waals surface area contributed by atoms with Gasteiger partial charge in [-0.25, -0.2) is 4.68 Å². The second kappa shape index (κ2) is 11.5. The maximum atomic E-state index is 12.9. The molecule has 10 heteroatoms. The third-order valence-corrected chi connectivity index (χ3v) is 7.69. The first-order chi connectivity index (χ1) is 17.6. The summed E-state index contributed by atoms with van der Waals surface area (Å²) in [4.78, 5) is 25.3. The number of benzene rings is 2. The monoisotopic (exact) mass is 601 g/mol. The van der Waals surface area contributed by atoms with Crippen molar-refractivity contribution in [1.29, 1.82) is 0 Å². The molecule has 6 rings (SSSR count). The number of rotatable bonds is 0. The van der Waals surface area contributed by atoms with Crippen molar-refractivity contribution in [2.75, 3.05) is 19.8 Å². The minimum Gasteiger partial charge on any atom is -0.378 e. The smallest absolute Gasteiger partial charge is 0.251 e. The summed E-state index contributed by atoms with van der Waals surface area (Å²) in [7, 11) is 0. The first kappa shape index (κ1) is 24.8. The molecule has 2 amide bonds. The minimum absolute atomic E-state index is 0.0326. The number of aromatic nitrogens is 3. The molecule has 3 heterocycles. The zero-order chi connectivity index (χ0) is 24.9. The highest BCUT2D eigenvalue weighted by Crippen LogP contribution is 2.34. The average Bonchev–Trinajstić information content (AvgIpc) is 3.42. The Hall–Kier alpha value is -2.83. The highest BCUT2D eigenvalue weighted by molar-refractivity contribution is 14.1. The van der Waals surface area contributed by atoms with Gasteiger partial charge in [0.1, 0.15) is 9.39 Å². The normalized spacial score (nSPS) is 21.5. The lowest BCUT2D eigenvalue weighted by Crippen LogP contribution is -2.35. The largest absolute Gasteiger partial charge is 0.378 e. The van der Waals surface area contributed by atoms with Crippen LogP contribution in [-0.2, 0) is 40.3 Å². The van der Waals surface area contributed by atoms with E-state index in [0.717, 1.165) is 26.9 Å². The number of carbonyl (C=O) groups is 2. The molecule has 9 nitrogen and oxygen atoms in total. The summed E-state index contributed by atoms with van der Waals surface area (Å²) in [6.07, 6.45) is 1.47. The van der Waals surface area contributed by atoms with Gasteiger partial charge in [0.25, 0.3) is 5.91 Å². The molecule has 1 aliphatic carbocycles. The van der Waals surface area contributed by atoms with E-state index in [1.165, 1.54) is 5.56 Å². The van der Waals surface area contributed by atoms with Gasteiger partial charge in [-0.2, -0.15) is 0 Å². The molecule has 0 radical (unpaired) electrons. The lowest BCUT2D eigenvalue weighted by molar-refractivity contribution is -0.123. The van der Waals surface area contributed by atoms with Crippen LogP contribution >= 0.6 is 22.6 Å². The number of halogens is 1. The summed E-state index contributed by atoms with van der Waals surface area (Å²) in [5.74, 6) is -0.179. The molecule has 2 aromatic carbocycles. The van der Waals surface area contributed by atoms with Gasteiger partial charge in [-0.05, 0) is 57.8 Å². The molecule has 0 fully saturated rings. The van der Waals surface area contributed by atoms with E-state index in [1.807, 2.05) is 24.3 Å². The number of amides is 2. The molecule has 0 saturated heterocycles. The molecule has 2 atom stereocenters. The molecule has 36 heavy (non-hydrogen) atoms. The van der Waals surface area contributed by atoms with Crippen molar-refractivity contribution in [2.45, 2.75) is 44.6 Å². The summed E-state index contributed by atoms with van der Waals surface area (Å²) < 4.78 is 14.7. The fraction of sp³-hybridized carbons (Fsp3) is 0.385. The predicted molar refractivity (Wildman–Crippen MR) is 140 cm³/mol. The molecule has 0 saturated carbocycles. The zero-order valence-corrected chi connectivity index (χ0v) is 21.9. The molecule has 0 unspecified atom stereocenters. The molecular weight excluding hydrogens is 573 g/mol. The molecule has 4 bridgehead atoms. The molecule has 188 valence electrons. The first-order valence-corrected chi connectivity index (χ1v) is 13.2. The van der Waals surface area contributed by atoms with E-state index in [1.54, 1.807) is 16.8 Å². The van der Waals surface area contributed by atoms with Crippen molar-refractivity contribution in [1.82, 2.24) is 25.6 Å². The van der Waals surface area contributed by atoms with Crippen LogP contribution in [0.2, 0.25) is 0 Å². The quantitative estimate of drug-likeness (QED) is 0.384. The topological polar surface area (TPSA) is 107 Å². The van der Waals surface area contributed by atoms with Crippen LogP contribution in [0.1, 0.15) is 45.2 Å².